The molecular weight excluding hydrogens is 643 g/mol. The van der Waals surface area contributed by atoms with E-state index in [0.29, 0.717) is 59.2 Å². The Balaban J connectivity index is 1.61. The molecule has 1 aliphatic rings. The van der Waals surface area contributed by atoms with Crippen molar-refractivity contribution in [3.63, 3.8) is 0 Å². The normalized spacial score (nSPS) is 14.7. The smallest absolute Gasteiger partial charge is 0.338 e. The van der Waals surface area contributed by atoms with Crippen molar-refractivity contribution in [2.75, 3.05) is 13.7 Å². The molecule has 0 aliphatic carbocycles. The van der Waals surface area contributed by atoms with Crippen molar-refractivity contribution >= 4 is 58.2 Å². The minimum atomic E-state index is -0.846. The van der Waals surface area contributed by atoms with E-state index in [1.807, 2.05) is 37.3 Å². The van der Waals surface area contributed by atoms with Gasteiger partial charge in [-0.2, -0.15) is 0 Å². The number of benzene rings is 3. The van der Waals surface area contributed by atoms with Crippen LogP contribution in [0.25, 0.3) is 6.08 Å². The molecular formula is C33H29Cl3N2O5S. The Kier molecular flexibility index (Phi) is 10.2. The Morgan fingerprint density at radius 2 is 1.82 bits per heavy atom. The third kappa shape index (κ3) is 6.74. The van der Waals surface area contributed by atoms with E-state index >= 15 is 0 Å². The van der Waals surface area contributed by atoms with Gasteiger partial charge >= 0.3 is 5.97 Å². The number of fused-ring (bicyclic) bond motifs is 1. The maximum absolute atomic E-state index is 14.1. The van der Waals surface area contributed by atoms with Crippen molar-refractivity contribution in [2.45, 2.75) is 39.3 Å². The number of methoxy groups -OCH3 is 1. The van der Waals surface area contributed by atoms with Crippen molar-refractivity contribution in [1.82, 2.24) is 4.57 Å². The maximum Gasteiger partial charge on any atom is 0.338 e. The molecule has 0 amide bonds. The van der Waals surface area contributed by atoms with Gasteiger partial charge in [-0.3, -0.25) is 9.36 Å². The van der Waals surface area contributed by atoms with Gasteiger partial charge in [-0.25, -0.2) is 9.79 Å². The van der Waals surface area contributed by atoms with E-state index in [-0.39, 0.29) is 18.8 Å². The van der Waals surface area contributed by atoms with Crippen LogP contribution in [0.4, 0.5) is 0 Å². The first-order valence-corrected chi connectivity index (χ1v) is 15.9. The lowest BCUT2D eigenvalue weighted by molar-refractivity contribution is -0.139. The first kappa shape index (κ1) is 31.9. The summed E-state index contributed by atoms with van der Waals surface area (Å²) in [6.45, 7) is 4.17. The summed E-state index contributed by atoms with van der Waals surface area (Å²) in [6, 6.07) is 16.9. The molecule has 0 radical (unpaired) electrons. The number of rotatable bonds is 10. The molecule has 0 spiro atoms. The summed E-state index contributed by atoms with van der Waals surface area (Å²) in [6.07, 6.45) is 3.05. The van der Waals surface area contributed by atoms with E-state index in [2.05, 4.69) is 0 Å². The molecule has 0 unspecified atom stereocenters. The lowest BCUT2D eigenvalue weighted by Crippen LogP contribution is -2.40. The van der Waals surface area contributed by atoms with E-state index in [9.17, 15) is 9.59 Å². The Bertz CT molecular complexity index is 1930. The van der Waals surface area contributed by atoms with Gasteiger partial charge in [0.2, 0.25) is 0 Å². The summed E-state index contributed by atoms with van der Waals surface area (Å²) >= 11 is 20.0. The molecule has 1 aliphatic heterocycles. The molecule has 228 valence electrons. The first-order valence-electron chi connectivity index (χ1n) is 14.0. The summed E-state index contributed by atoms with van der Waals surface area (Å²) in [4.78, 5) is 32.8. The van der Waals surface area contributed by atoms with Crippen LogP contribution in [-0.4, -0.2) is 24.3 Å². The Morgan fingerprint density at radius 1 is 1.05 bits per heavy atom. The molecule has 11 heteroatoms. The fourth-order valence-corrected chi connectivity index (χ4v) is 6.64. The summed E-state index contributed by atoms with van der Waals surface area (Å²) in [5.74, 6) is 0.555. The highest BCUT2D eigenvalue weighted by molar-refractivity contribution is 7.07. The molecule has 3 aromatic carbocycles. The van der Waals surface area contributed by atoms with Crippen LogP contribution < -0.4 is 24.4 Å². The molecule has 1 aromatic heterocycles. The molecule has 44 heavy (non-hydrogen) atoms. The minimum absolute atomic E-state index is 0.175. The number of nitrogens with zero attached hydrogens (tertiary/aromatic N) is 2. The molecule has 0 saturated carbocycles. The molecule has 7 nitrogen and oxygen atoms in total. The van der Waals surface area contributed by atoms with Crippen molar-refractivity contribution in [3.8, 4) is 11.5 Å². The fraction of sp³-hybridized carbons (Fsp3) is 0.242. The highest BCUT2D eigenvalue weighted by atomic mass is 35.5. The van der Waals surface area contributed by atoms with Crippen molar-refractivity contribution in [3.05, 3.63) is 123 Å². The molecule has 4 aromatic rings. The van der Waals surface area contributed by atoms with Crippen molar-refractivity contribution < 1.29 is 19.0 Å². The Labute approximate surface area is 273 Å². The third-order valence-corrected chi connectivity index (χ3v) is 8.75. The predicted molar refractivity (Wildman–Crippen MR) is 175 cm³/mol. The number of allylic oxidation sites excluding steroid dienone is 1. The van der Waals surface area contributed by atoms with Gasteiger partial charge in [0.15, 0.2) is 4.80 Å². The van der Waals surface area contributed by atoms with Crippen LogP contribution >= 0.6 is 46.1 Å². The zero-order chi connectivity index (χ0) is 31.4. The monoisotopic (exact) mass is 670 g/mol. The van der Waals surface area contributed by atoms with Crippen LogP contribution in [0.5, 0.6) is 11.5 Å². The van der Waals surface area contributed by atoms with Crippen LogP contribution in [0.15, 0.2) is 81.7 Å². The van der Waals surface area contributed by atoms with Crippen molar-refractivity contribution in [2.24, 2.45) is 4.99 Å². The van der Waals surface area contributed by atoms with E-state index in [4.69, 9.17) is 54.0 Å². The van der Waals surface area contributed by atoms with Crippen LogP contribution in [-0.2, 0) is 16.1 Å². The van der Waals surface area contributed by atoms with Gasteiger partial charge in [-0.05, 0) is 67.4 Å². The lowest BCUT2D eigenvalue weighted by atomic mass is 9.93. The quantitative estimate of drug-likeness (QED) is 0.168. The Hall–Kier alpha value is -3.56. The minimum Gasteiger partial charge on any atom is -0.496 e. The number of hydrogen-bond acceptors (Lipinski definition) is 7. The number of carbonyl (C=O) groups is 1. The number of aromatic nitrogens is 1. The summed E-state index contributed by atoms with van der Waals surface area (Å²) in [5, 5.41) is 1.51. The highest BCUT2D eigenvalue weighted by Gasteiger charge is 2.36. The highest BCUT2D eigenvalue weighted by Crippen LogP contribution is 2.38. The number of carbonyl (C=O) groups excluding carboxylic acids is 1. The van der Waals surface area contributed by atoms with Gasteiger partial charge in [0, 0.05) is 26.2 Å². The van der Waals surface area contributed by atoms with Gasteiger partial charge in [0.05, 0.1) is 29.5 Å². The molecule has 5 rings (SSSR count). The van der Waals surface area contributed by atoms with Gasteiger partial charge < -0.3 is 14.2 Å². The van der Waals surface area contributed by atoms with Gasteiger partial charge in [0.1, 0.15) is 24.1 Å². The Morgan fingerprint density at radius 3 is 2.55 bits per heavy atom. The molecule has 1 atom stereocenters. The second-order valence-corrected chi connectivity index (χ2v) is 12.2. The number of halogens is 3. The molecule has 0 bridgehead atoms. The van der Waals surface area contributed by atoms with Crippen molar-refractivity contribution in [1.29, 1.82) is 0 Å². The molecule has 0 fully saturated rings. The second kappa shape index (κ2) is 14.0. The fourth-order valence-electron chi connectivity index (χ4n) is 4.98. The van der Waals surface area contributed by atoms with Gasteiger partial charge in [0.25, 0.3) is 5.56 Å². The third-order valence-electron chi connectivity index (χ3n) is 6.94. The van der Waals surface area contributed by atoms with E-state index in [1.165, 1.54) is 23.0 Å². The number of hydrogen-bond donors (Lipinski definition) is 0. The van der Waals surface area contributed by atoms with Gasteiger partial charge in [-0.15, -0.1) is 0 Å². The molecule has 0 saturated heterocycles. The van der Waals surface area contributed by atoms with Crippen LogP contribution in [0, 0.1) is 0 Å². The standard InChI is InChI=1S/C33H29Cl3N2O5S/c1-4-7-26-29(32(40)42-5-2)30(24-16-21(34)12-13-27(24)41-3)38-31(39)28(44-33(38)37-26)15-19-8-6-9-23(14-19)43-18-20-10-11-22(35)17-25(20)36/h6,8-17,30H,4-5,7,18H2,1-3H3/b28-15+/t30-/m0/s1. The SMILES string of the molecule is CCCC1=C(C(=O)OCC)[C@H](c2cc(Cl)ccc2OC)n2c(s/c(=C/c3cccc(OCc4ccc(Cl)cc4Cl)c3)c2=O)=N1. The van der Waals surface area contributed by atoms with E-state index in [0.717, 1.165) is 17.5 Å². The summed E-state index contributed by atoms with van der Waals surface area (Å²) in [5.41, 5.74) is 2.68. The predicted octanol–water partition coefficient (Wildman–Crippen LogP) is 7.13. The number of esters is 1. The molecule has 0 N–H and O–H groups in total. The zero-order valence-electron chi connectivity index (χ0n) is 24.2. The zero-order valence-corrected chi connectivity index (χ0v) is 27.3. The molecule has 2 heterocycles. The maximum atomic E-state index is 14.1. The lowest BCUT2D eigenvalue weighted by Gasteiger charge is -2.27. The van der Waals surface area contributed by atoms with Crippen LogP contribution in [0.2, 0.25) is 15.1 Å². The van der Waals surface area contributed by atoms with Crippen LogP contribution in [0.1, 0.15) is 49.4 Å². The summed E-state index contributed by atoms with van der Waals surface area (Å²) in [7, 11) is 1.53. The van der Waals surface area contributed by atoms with Crippen LogP contribution in [0.3, 0.4) is 0 Å². The number of ether oxygens (including phenoxy) is 3. The average Bonchev–Trinajstić information content (AvgIpc) is 3.30. The van der Waals surface area contributed by atoms with E-state index in [1.54, 1.807) is 43.3 Å². The first-order chi connectivity index (χ1) is 21.2. The summed E-state index contributed by atoms with van der Waals surface area (Å²) < 4.78 is 19.1. The topological polar surface area (TPSA) is 79.1 Å². The average molecular weight is 672 g/mol. The van der Waals surface area contributed by atoms with E-state index < -0.39 is 12.0 Å². The van der Waals surface area contributed by atoms with Gasteiger partial charge in [-0.1, -0.05) is 77.7 Å². The largest absolute Gasteiger partial charge is 0.496 e. The number of thiazole rings is 1. The second-order valence-electron chi connectivity index (χ2n) is 9.90.